The van der Waals surface area contributed by atoms with Gasteiger partial charge in [-0.05, 0) is 68.7 Å². The molecule has 0 atom stereocenters. The van der Waals surface area contributed by atoms with E-state index in [1.54, 1.807) is 24.4 Å². The van der Waals surface area contributed by atoms with Gasteiger partial charge in [-0.25, -0.2) is 23.7 Å². The third kappa shape index (κ3) is 5.06. The van der Waals surface area contributed by atoms with Gasteiger partial charge in [-0.3, -0.25) is 4.98 Å². The predicted octanol–water partition coefficient (Wildman–Crippen LogP) is 10.2. The third-order valence-corrected chi connectivity index (χ3v) is 8.14. The van der Waals surface area contributed by atoms with E-state index in [0.29, 0.717) is 28.2 Å². The fourth-order valence-corrected chi connectivity index (χ4v) is 5.88. The van der Waals surface area contributed by atoms with Gasteiger partial charge in [0.2, 0.25) is 0 Å². The van der Waals surface area contributed by atoms with E-state index in [-0.39, 0.29) is 11.6 Å². The molecule has 8 aromatic rings. The summed E-state index contributed by atoms with van der Waals surface area (Å²) in [6, 6.07) is 41.1. The second-order valence-corrected chi connectivity index (χ2v) is 11.0. The molecule has 0 saturated carbocycles. The van der Waals surface area contributed by atoms with Crippen LogP contribution in [0.25, 0.3) is 78.0 Å². The topological polar surface area (TPSA) is 51.6 Å². The summed E-state index contributed by atoms with van der Waals surface area (Å²) in [5.41, 5.74) is 6.34. The largest absolute Gasteiger partial charge is 0.264 e. The molecule has 218 valence electrons. The zero-order chi connectivity index (χ0) is 31.0. The Morgan fingerprint density at radius 3 is 1.67 bits per heavy atom. The van der Waals surface area contributed by atoms with Crippen molar-refractivity contribution in [2.45, 2.75) is 0 Å². The molecule has 46 heavy (non-hydrogen) atoms. The van der Waals surface area contributed by atoms with Crippen LogP contribution in [0.15, 0.2) is 146 Å². The van der Waals surface area contributed by atoms with Gasteiger partial charge in [0, 0.05) is 34.5 Å². The van der Waals surface area contributed by atoms with Crippen molar-refractivity contribution < 1.29 is 8.78 Å². The van der Waals surface area contributed by atoms with Crippen molar-refractivity contribution >= 4 is 21.5 Å². The molecule has 0 saturated heterocycles. The van der Waals surface area contributed by atoms with Crippen molar-refractivity contribution in [1.82, 2.24) is 19.9 Å². The fourth-order valence-electron chi connectivity index (χ4n) is 5.88. The number of hydrogen-bond donors (Lipinski definition) is 0. The van der Waals surface area contributed by atoms with Crippen LogP contribution in [0, 0.1) is 11.6 Å². The molecule has 0 amide bonds. The number of aromatic nitrogens is 4. The maximum atomic E-state index is 14.9. The lowest BCUT2D eigenvalue weighted by molar-refractivity contribution is 0.629. The molecule has 6 heteroatoms. The normalized spacial score (nSPS) is 11.3. The molecule has 0 bridgehead atoms. The highest BCUT2D eigenvalue weighted by Crippen LogP contribution is 2.38. The van der Waals surface area contributed by atoms with Gasteiger partial charge in [0.15, 0.2) is 17.5 Å². The highest BCUT2D eigenvalue weighted by atomic mass is 19.1. The Labute approximate surface area is 263 Å². The lowest BCUT2D eigenvalue weighted by Crippen LogP contribution is -2.00. The Bertz CT molecular complexity index is 2360. The van der Waals surface area contributed by atoms with Gasteiger partial charge >= 0.3 is 0 Å². The minimum Gasteiger partial charge on any atom is -0.264 e. The van der Waals surface area contributed by atoms with E-state index in [4.69, 9.17) is 15.0 Å². The van der Waals surface area contributed by atoms with Gasteiger partial charge in [-0.1, -0.05) is 103 Å². The highest BCUT2D eigenvalue weighted by Gasteiger charge is 2.16. The van der Waals surface area contributed by atoms with Gasteiger partial charge in [-0.2, -0.15) is 0 Å². The van der Waals surface area contributed by atoms with Crippen LogP contribution in [0.2, 0.25) is 0 Å². The van der Waals surface area contributed by atoms with E-state index in [2.05, 4.69) is 4.98 Å². The number of nitrogens with zero attached hydrogens (tertiary/aromatic N) is 4. The van der Waals surface area contributed by atoms with Crippen LogP contribution in [0.5, 0.6) is 0 Å². The molecule has 0 unspecified atom stereocenters. The molecule has 4 nitrogen and oxygen atoms in total. The molecular weight excluding hydrogens is 574 g/mol. The van der Waals surface area contributed by atoms with Crippen molar-refractivity contribution in [3.05, 3.63) is 157 Å². The minimum atomic E-state index is -0.365. The Morgan fingerprint density at radius 1 is 0.413 bits per heavy atom. The van der Waals surface area contributed by atoms with E-state index in [9.17, 15) is 8.78 Å². The van der Waals surface area contributed by atoms with E-state index in [1.807, 2.05) is 103 Å². The van der Waals surface area contributed by atoms with Crippen molar-refractivity contribution in [2.24, 2.45) is 0 Å². The van der Waals surface area contributed by atoms with E-state index >= 15 is 0 Å². The molecule has 0 radical (unpaired) electrons. The maximum absolute atomic E-state index is 14.9. The molecule has 0 spiro atoms. The lowest BCUT2D eigenvalue weighted by Gasteiger charge is -2.13. The molecule has 0 fully saturated rings. The number of pyridine rings is 1. The first-order chi connectivity index (χ1) is 22.6. The maximum Gasteiger partial charge on any atom is 0.164 e. The summed E-state index contributed by atoms with van der Waals surface area (Å²) < 4.78 is 29.1. The van der Waals surface area contributed by atoms with E-state index in [1.165, 1.54) is 18.2 Å². The highest BCUT2D eigenvalue weighted by molar-refractivity contribution is 6.12. The van der Waals surface area contributed by atoms with Gasteiger partial charge in [0.25, 0.3) is 0 Å². The van der Waals surface area contributed by atoms with Crippen LogP contribution in [0.3, 0.4) is 0 Å². The number of rotatable bonds is 5. The van der Waals surface area contributed by atoms with Crippen molar-refractivity contribution in [1.29, 1.82) is 0 Å². The standard InChI is InChI=1S/C40H24F2N4/c41-32-19-20-33-31(22-32)23-35-34(9-4-10-36(35)42)37(33)26-13-17-29(18-14-26)40-45-38(27-6-2-1-3-7-27)44-39(46-40)28-15-11-25(12-16-28)30-8-5-21-43-24-30/h1-24H. The zero-order valence-electron chi connectivity index (χ0n) is 24.4. The molecule has 8 rings (SSSR count). The average molecular weight is 599 g/mol. The van der Waals surface area contributed by atoms with Gasteiger partial charge in [-0.15, -0.1) is 0 Å². The second kappa shape index (κ2) is 11.4. The monoisotopic (exact) mass is 598 g/mol. The van der Waals surface area contributed by atoms with Crippen LogP contribution in [0.1, 0.15) is 0 Å². The zero-order valence-corrected chi connectivity index (χ0v) is 24.4. The Balaban J connectivity index is 1.24. The van der Waals surface area contributed by atoms with Crippen molar-refractivity contribution in [3.63, 3.8) is 0 Å². The predicted molar refractivity (Wildman–Crippen MR) is 180 cm³/mol. The molecule has 0 N–H and O–H groups in total. The summed E-state index contributed by atoms with van der Waals surface area (Å²) in [7, 11) is 0. The number of hydrogen-bond acceptors (Lipinski definition) is 4. The summed E-state index contributed by atoms with van der Waals surface area (Å²) in [4.78, 5) is 18.8. The van der Waals surface area contributed by atoms with Gasteiger partial charge in [0.05, 0.1) is 0 Å². The van der Waals surface area contributed by atoms with Crippen molar-refractivity contribution in [3.8, 4) is 56.4 Å². The number of benzene rings is 6. The first-order valence-electron chi connectivity index (χ1n) is 14.8. The summed E-state index contributed by atoms with van der Waals surface area (Å²) in [6.45, 7) is 0. The van der Waals surface area contributed by atoms with Crippen LogP contribution >= 0.6 is 0 Å². The Hall–Kier alpha value is -6.14. The minimum absolute atomic E-state index is 0.346. The average Bonchev–Trinajstić information content (AvgIpc) is 3.12. The fraction of sp³-hybridized carbons (Fsp3) is 0. The van der Waals surface area contributed by atoms with Crippen LogP contribution < -0.4 is 0 Å². The van der Waals surface area contributed by atoms with Crippen LogP contribution in [-0.2, 0) is 0 Å². The number of fused-ring (bicyclic) bond motifs is 2. The van der Waals surface area contributed by atoms with Gasteiger partial charge < -0.3 is 0 Å². The molecule has 0 aliphatic carbocycles. The van der Waals surface area contributed by atoms with Crippen molar-refractivity contribution in [2.75, 3.05) is 0 Å². The number of halogens is 2. The summed E-state index contributed by atoms with van der Waals surface area (Å²) in [6.07, 6.45) is 3.59. The lowest BCUT2D eigenvalue weighted by atomic mass is 9.91. The van der Waals surface area contributed by atoms with E-state index < -0.39 is 0 Å². The van der Waals surface area contributed by atoms with Gasteiger partial charge in [0.1, 0.15) is 11.6 Å². The first-order valence-corrected chi connectivity index (χ1v) is 14.8. The SMILES string of the molecule is Fc1ccc2c(-c3ccc(-c4nc(-c5ccccc5)nc(-c5ccc(-c6cccnc6)cc5)n4)cc3)c3cccc(F)c3cc2c1. The molecule has 6 aromatic carbocycles. The summed E-state index contributed by atoms with van der Waals surface area (Å²) >= 11 is 0. The molecule has 2 heterocycles. The Kier molecular flexibility index (Phi) is 6.80. The summed E-state index contributed by atoms with van der Waals surface area (Å²) in [5, 5.41) is 2.69. The summed E-state index contributed by atoms with van der Waals surface area (Å²) in [5.74, 6) is 0.946. The molecular formula is C40H24F2N4. The quantitative estimate of drug-likeness (QED) is 0.185. The molecule has 2 aromatic heterocycles. The molecule has 0 aliphatic rings. The first kappa shape index (κ1) is 27.4. The smallest absolute Gasteiger partial charge is 0.164 e. The third-order valence-electron chi connectivity index (χ3n) is 8.14. The Morgan fingerprint density at radius 2 is 1.02 bits per heavy atom. The van der Waals surface area contributed by atoms with Crippen LogP contribution in [0.4, 0.5) is 8.78 Å². The van der Waals surface area contributed by atoms with E-state index in [0.717, 1.165) is 49.7 Å². The second-order valence-electron chi connectivity index (χ2n) is 11.0. The molecule has 0 aliphatic heterocycles. The van der Waals surface area contributed by atoms with Crippen LogP contribution in [-0.4, -0.2) is 19.9 Å².